The second-order valence-corrected chi connectivity index (χ2v) is 9.14. The second kappa shape index (κ2) is 10.1. The van der Waals surface area contributed by atoms with Gasteiger partial charge < -0.3 is 19.8 Å². The summed E-state index contributed by atoms with van der Waals surface area (Å²) >= 11 is 1.59. The van der Waals surface area contributed by atoms with Crippen molar-refractivity contribution in [3.63, 3.8) is 0 Å². The second-order valence-electron chi connectivity index (χ2n) is 7.91. The van der Waals surface area contributed by atoms with Crippen LogP contribution in [0.25, 0.3) is 22.0 Å². The van der Waals surface area contributed by atoms with Crippen LogP contribution >= 0.6 is 11.8 Å². The van der Waals surface area contributed by atoms with Crippen molar-refractivity contribution in [2.75, 3.05) is 31.3 Å². The van der Waals surface area contributed by atoms with Crippen LogP contribution in [0.5, 0.6) is 5.75 Å². The highest BCUT2D eigenvalue weighted by Crippen LogP contribution is 2.28. The lowest BCUT2D eigenvalue weighted by Gasteiger charge is -2.11. The molecule has 1 amide bonds. The van der Waals surface area contributed by atoms with E-state index in [1.54, 1.807) is 41.9 Å². The monoisotopic (exact) mass is 468 g/mol. The van der Waals surface area contributed by atoms with Crippen LogP contribution in [0.1, 0.15) is 31.3 Å². The summed E-state index contributed by atoms with van der Waals surface area (Å²) < 4.78 is 12.8. The smallest absolute Gasteiger partial charge is 0.287 e. The summed E-state index contributed by atoms with van der Waals surface area (Å²) in [4.78, 5) is 22.0. The molecule has 0 radical (unpaired) electrons. The van der Waals surface area contributed by atoms with E-state index in [2.05, 4.69) is 46.5 Å². The first-order chi connectivity index (χ1) is 16.0. The number of aromatic nitrogens is 4. The van der Waals surface area contributed by atoms with Gasteiger partial charge in [0.25, 0.3) is 5.91 Å². The van der Waals surface area contributed by atoms with Crippen LogP contribution in [0.3, 0.4) is 0 Å². The first-order valence-corrected chi connectivity index (χ1v) is 11.9. The molecule has 33 heavy (non-hydrogen) atoms. The summed E-state index contributed by atoms with van der Waals surface area (Å²) in [6.45, 7) is 8.02. The minimum atomic E-state index is -0.291. The Hall–Kier alpha value is -3.27. The SMILES string of the molecule is CCSc1nc(NCC(C)C)c2cnn(CCNC(=O)c3cc4cccc(OC)c4o3)c2n1. The zero-order chi connectivity index (χ0) is 23.4. The van der Waals surface area contributed by atoms with Gasteiger partial charge in [-0.3, -0.25) is 4.79 Å². The van der Waals surface area contributed by atoms with E-state index in [1.807, 2.05) is 12.1 Å². The lowest BCUT2D eigenvalue weighted by molar-refractivity contribution is 0.0926. The third-order valence-corrected chi connectivity index (χ3v) is 5.72. The number of hydrogen-bond acceptors (Lipinski definition) is 8. The fourth-order valence-corrected chi connectivity index (χ4v) is 3.96. The number of para-hydroxylation sites is 1. The number of methoxy groups -OCH3 is 1. The number of nitrogens with one attached hydrogen (secondary N) is 2. The molecule has 0 spiro atoms. The topological polar surface area (TPSA) is 107 Å². The van der Waals surface area contributed by atoms with E-state index in [0.717, 1.165) is 34.5 Å². The summed E-state index contributed by atoms with van der Waals surface area (Å²) in [6.07, 6.45) is 1.77. The normalized spacial score (nSPS) is 11.4. The fourth-order valence-electron chi connectivity index (χ4n) is 3.40. The molecule has 0 saturated carbocycles. The van der Waals surface area contributed by atoms with Crippen LogP contribution in [-0.2, 0) is 6.54 Å². The molecule has 3 aromatic heterocycles. The van der Waals surface area contributed by atoms with E-state index in [-0.39, 0.29) is 11.7 Å². The minimum Gasteiger partial charge on any atom is -0.493 e. The van der Waals surface area contributed by atoms with Crippen molar-refractivity contribution in [2.45, 2.75) is 32.5 Å². The number of ether oxygens (including phenoxy) is 1. The van der Waals surface area contributed by atoms with Gasteiger partial charge in [-0.2, -0.15) is 5.10 Å². The van der Waals surface area contributed by atoms with Crippen LogP contribution in [0.2, 0.25) is 0 Å². The third kappa shape index (κ3) is 5.05. The largest absolute Gasteiger partial charge is 0.493 e. The molecule has 0 saturated heterocycles. The number of furan rings is 1. The highest BCUT2D eigenvalue weighted by molar-refractivity contribution is 7.99. The van der Waals surface area contributed by atoms with Crippen molar-refractivity contribution in [2.24, 2.45) is 5.92 Å². The Morgan fingerprint density at radius 1 is 1.30 bits per heavy atom. The first-order valence-electron chi connectivity index (χ1n) is 10.9. The van der Waals surface area contributed by atoms with Crippen LogP contribution in [-0.4, -0.2) is 51.6 Å². The Bertz CT molecular complexity index is 1270. The van der Waals surface area contributed by atoms with E-state index >= 15 is 0 Å². The lowest BCUT2D eigenvalue weighted by atomic mass is 10.2. The molecule has 10 heteroatoms. The summed E-state index contributed by atoms with van der Waals surface area (Å²) in [5, 5.41) is 13.2. The first kappa shape index (κ1) is 22.9. The number of fused-ring (bicyclic) bond motifs is 2. The number of thioether (sulfide) groups is 1. The Morgan fingerprint density at radius 3 is 2.91 bits per heavy atom. The van der Waals surface area contributed by atoms with Crippen molar-refractivity contribution in [3.05, 3.63) is 36.2 Å². The zero-order valence-corrected chi connectivity index (χ0v) is 20.0. The van der Waals surface area contributed by atoms with E-state index in [4.69, 9.17) is 9.15 Å². The van der Waals surface area contributed by atoms with Gasteiger partial charge in [-0.15, -0.1) is 0 Å². The predicted octanol–water partition coefficient (Wildman–Crippen LogP) is 4.19. The Balaban J connectivity index is 1.48. The number of rotatable bonds is 10. The molecular weight excluding hydrogens is 440 g/mol. The maximum Gasteiger partial charge on any atom is 0.287 e. The van der Waals surface area contributed by atoms with Gasteiger partial charge in [0.1, 0.15) is 5.82 Å². The van der Waals surface area contributed by atoms with Crippen LogP contribution in [0.15, 0.2) is 40.0 Å². The Morgan fingerprint density at radius 2 is 2.15 bits per heavy atom. The number of anilines is 1. The molecule has 4 rings (SSSR count). The average molecular weight is 469 g/mol. The van der Waals surface area contributed by atoms with Gasteiger partial charge in [0.15, 0.2) is 27.9 Å². The maximum atomic E-state index is 12.6. The Kier molecular flexibility index (Phi) is 7.02. The average Bonchev–Trinajstić information content (AvgIpc) is 3.42. The van der Waals surface area contributed by atoms with E-state index < -0.39 is 0 Å². The quantitative estimate of drug-likeness (QED) is 0.264. The summed E-state index contributed by atoms with van der Waals surface area (Å²) in [5.41, 5.74) is 1.30. The van der Waals surface area contributed by atoms with Gasteiger partial charge in [-0.05, 0) is 23.8 Å². The highest BCUT2D eigenvalue weighted by atomic mass is 32.2. The molecule has 2 N–H and O–H groups in total. The molecule has 0 aliphatic rings. The highest BCUT2D eigenvalue weighted by Gasteiger charge is 2.16. The molecule has 9 nitrogen and oxygen atoms in total. The number of carbonyl (C=O) groups excluding carboxylic acids is 1. The zero-order valence-electron chi connectivity index (χ0n) is 19.2. The summed E-state index contributed by atoms with van der Waals surface area (Å²) in [5.74, 6) is 2.69. The number of amides is 1. The molecule has 0 aliphatic heterocycles. The van der Waals surface area contributed by atoms with Gasteiger partial charge in [0.05, 0.1) is 25.2 Å². The lowest BCUT2D eigenvalue weighted by Crippen LogP contribution is -2.27. The van der Waals surface area contributed by atoms with Gasteiger partial charge in [-0.1, -0.05) is 44.7 Å². The van der Waals surface area contributed by atoms with E-state index in [0.29, 0.717) is 35.5 Å². The molecule has 0 atom stereocenters. The molecule has 0 unspecified atom stereocenters. The molecule has 3 heterocycles. The molecule has 4 aromatic rings. The van der Waals surface area contributed by atoms with Crippen molar-refractivity contribution >= 4 is 45.5 Å². The number of benzene rings is 1. The predicted molar refractivity (Wildman–Crippen MR) is 130 cm³/mol. The number of hydrogen-bond donors (Lipinski definition) is 2. The summed E-state index contributed by atoms with van der Waals surface area (Å²) in [6, 6.07) is 7.25. The number of carbonyl (C=O) groups is 1. The molecular formula is C23H28N6O3S. The van der Waals surface area contributed by atoms with Crippen molar-refractivity contribution in [3.8, 4) is 5.75 Å². The van der Waals surface area contributed by atoms with E-state index in [1.165, 1.54) is 0 Å². The van der Waals surface area contributed by atoms with Gasteiger partial charge in [0, 0.05) is 18.5 Å². The van der Waals surface area contributed by atoms with Crippen molar-refractivity contribution < 1.29 is 13.9 Å². The molecule has 0 aliphatic carbocycles. The molecule has 0 fully saturated rings. The Labute approximate surface area is 196 Å². The molecule has 1 aromatic carbocycles. The van der Waals surface area contributed by atoms with Gasteiger partial charge >= 0.3 is 0 Å². The minimum absolute atomic E-state index is 0.240. The van der Waals surface area contributed by atoms with E-state index in [9.17, 15) is 4.79 Å². The number of nitrogens with zero attached hydrogens (tertiary/aromatic N) is 4. The van der Waals surface area contributed by atoms with Crippen molar-refractivity contribution in [1.82, 2.24) is 25.1 Å². The van der Waals surface area contributed by atoms with Crippen LogP contribution in [0, 0.1) is 5.92 Å². The van der Waals surface area contributed by atoms with Crippen LogP contribution < -0.4 is 15.4 Å². The van der Waals surface area contributed by atoms with Crippen molar-refractivity contribution in [1.29, 1.82) is 0 Å². The van der Waals surface area contributed by atoms with Gasteiger partial charge in [0.2, 0.25) is 0 Å². The standard InChI is InChI=1S/C23H28N6O3S/c1-5-33-23-27-20(25-12-14(2)3)16-13-26-29(21(16)28-23)10-9-24-22(30)18-11-15-7-6-8-17(31-4)19(15)32-18/h6-8,11,13-14H,5,9-10,12H2,1-4H3,(H,24,30)(H,25,27,28). The van der Waals surface area contributed by atoms with Crippen LogP contribution in [0.4, 0.5) is 5.82 Å². The third-order valence-electron chi connectivity index (χ3n) is 4.99. The maximum absolute atomic E-state index is 12.6. The van der Waals surface area contributed by atoms with Gasteiger partial charge in [-0.25, -0.2) is 14.6 Å². The summed E-state index contributed by atoms with van der Waals surface area (Å²) in [7, 11) is 1.57. The molecule has 0 bridgehead atoms. The fraction of sp³-hybridized carbons (Fsp3) is 0.391. The molecule has 174 valence electrons.